The van der Waals surface area contributed by atoms with Gasteiger partial charge in [-0.15, -0.1) is 0 Å². The van der Waals surface area contributed by atoms with E-state index in [1.54, 1.807) is 0 Å². The Bertz CT molecular complexity index is 538. The Hall–Kier alpha value is -1.65. The summed E-state index contributed by atoms with van der Waals surface area (Å²) in [6.45, 7) is 3.80. The van der Waals surface area contributed by atoms with Gasteiger partial charge in [0.1, 0.15) is 5.69 Å². The number of benzene rings is 1. The molecule has 1 unspecified atom stereocenters. The van der Waals surface area contributed by atoms with Gasteiger partial charge in [0.05, 0.1) is 6.54 Å². The maximum absolute atomic E-state index is 5.78. The van der Waals surface area contributed by atoms with Crippen molar-refractivity contribution >= 4 is 0 Å². The van der Waals surface area contributed by atoms with E-state index in [-0.39, 0.29) is 0 Å². The summed E-state index contributed by atoms with van der Waals surface area (Å²) in [5, 5.41) is 4.16. The van der Waals surface area contributed by atoms with Crippen molar-refractivity contribution in [3.8, 4) is 11.3 Å². The third-order valence-electron chi connectivity index (χ3n) is 3.94. The third-order valence-corrected chi connectivity index (χ3v) is 3.94. The van der Waals surface area contributed by atoms with Crippen LogP contribution in [0.15, 0.2) is 40.9 Å². The number of piperidine rings is 1. The molecule has 1 atom stereocenters. The van der Waals surface area contributed by atoms with Crippen LogP contribution < -0.4 is 5.73 Å². The first-order valence-electron chi connectivity index (χ1n) is 7.28. The SMILES string of the molecule is NCC1CCCN(Cc2cc(-c3ccccc3)no2)C1. The molecule has 1 aromatic carbocycles. The van der Waals surface area contributed by atoms with Crippen LogP contribution in [0.2, 0.25) is 0 Å². The second-order valence-corrected chi connectivity index (χ2v) is 5.52. The van der Waals surface area contributed by atoms with Crippen LogP contribution in [0.3, 0.4) is 0 Å². The van der Waals surface area contributed by atoms with Crippen molar-refractivity contribution in [2.45, 2.75) is 19.4 Å². The smallest absolute Gasteiger partial charge is 0.151 e. The topological polar surface area (TPSA) is 55.3 Å². The molecule has 0 saturated carbocycles. The fourth-order valence-corrected chi connectivity index (χ4v) is 2.84. The number of nitrogens with two attached hydrogens (primary N) is 1. The van der Waals surface area contributed by atoms with Gasteiger partial charge in [0.15, 0.2) is 5.76 Å². The number of nitrogens with zero attached hydrogens (tertiary/aromatic N) is 2. The molecule has 4 heteroatoms. The Morgan fingerprint density at radius 2 is 2.15 bits per heavy atom. The van der Waals surface area contributed by atoms with E-state index in [2.05, 4.69) is 10.1 Å². The molecule has 0 spiro atoms. The Labute approximate surface area is 119 Å². The maximum atomic E-state index is 5.78. The van der Waals surface area contributed by atoms with Crippen LogP contribution in [0.5, 0.6) is 0 Å². The lowest BCUT2D eigenvalue weighted by molar-refractivity contribution is 0.156. The zero-order valence-corrected chi connectivity index (χ0v) is 11.7. The van der Waals surface area contributed by atoms with Crippen LogP contribution in [-0.2, 0) is 6.54 Å². The minimum atomic E-state index is 0.625. The highest BCUT2D eigenvalue weighted by Crippen LogP contribution is 2.21. The van der Waals surface area contributed by atoms with E-state index in [1.807, 2.05) is 36.4 Å². The zero-order valence-electron chi connectivity index (χ0n) is 11.7. The number of rotatable bonds is 4. The molecular weight excluding hydrogens is 250 g/mol. The predicted octanol–water partition coefficient (Wildman–Crippen LogP) is 2.51. The summed E-state index contributed by atoms with van der Waals surface area (Å²) in [5.74, 6) is 1.56. The Kier molecular flexibility index (Phi) is 4.14. The van der Waals surface area contributed by atoms with Gasteiger partial charge in [-0.05, 0) is 31.8 Å². The Morgan fingerprint density at radius 3 is 2.95 bits per heavy atom. The Balaban J connectivity index is 1.65. The van der Waals surface area contributed by atoms with Crippen LogP contribution in [-0.4, -0.2) is 29.7 Å². The number of aromatic nitrogens is 1. The summed E-state index contributed by atoms with van der Waals surface area (Å²) in [6, 6.07) is 12.2. The predicted molar refractivity (Wildman–Crippen MR) is 79.0 cm³/mol. The lowest BCUT2D eigenvalue weighted by Gasteiger charge is -2.31. The minimum Gasteiger partial charge on any atom is -0.359 e. The molecule has 1 aliphatic rings. The Morgan fingerprint density at radius 1 is 1.30 bits per heavy atom. The van der Waals surface area contributed by atoms with E-state index >= 15 is 0 Å². The summed E-state index contributed by atoms with van der Waals surface area (Å²) < 4.78 is 5.47. The lowest BCUT2D eigenvalue weighted by atomic mass is 9.98. The first-order chi connectivity index (χ1) is 9.85. The summed E-state index contributed by atoms with van der Waals surface area (Å²) in [4.78, 5) is 2.41. The first-order valence-corrected chi connectivity index (χ1v) is 7.28. The van der Waals surface area contributed by atoms with Gasteiger partial charge in [0.25, 0.3) is 0 Å². The van der Waals surface area contributed by atoms with Gasteiger partial charge in [0.2, 0.25) is 0 Å². The zero-order chi connectivity index (χ0) is 13.8. The molecular formula is C16H21N3O. The van der Waals surface area contributed by atoms with E-state index in [1.165, 1.54) is 12.8 Å². The number of hydrogen-bond donors (Lipinski definition) is 1. The van der Waals surface area contributed by atoms with Gasteiger partial charge in [-0.1, -0.05) is 35.5 Å². The molecule has 106 valence electrons. The van der Waals surface area contributed by atoms with E-state index in [0.29, 0.717) is 5.92 Å². The fourth-order valence-electron chi connectivity index (χ4n) is 2.84. The van der Waals surface area contributed by atoms with E-state index in [0.717, 1.165) is 43.2 Å². The van der Waals surface area contributed by atoms with Gasteiger partial charge >= 0.3 is 0 Å². The normalized spacial score (nSPS) is 20.1. The van der Waals surface area contributed by atoms with Crippen LogP contribution in [0, 0.1) is 5.92 Å². The molecule has 0 aliphatic carbocycles. The average Bonchev–Trinajstić information content (AvgIpc) is 2.97. The van der Waals surface area contributed by atoms with Gasteiger partial charge in [-0.25, -0.2) is 0 Å². The summed E-state index contributed by atoms with van der Waals surface area (Å²) in [7, 11) is 0. The maximum Gasteiger partial charge on any atom is 0.151 e. The van der Waals surface area contributed by atoms with Crippen molar-refractivity contribution in [3.05, 3.63) is 42.2 Å². The van der Waals surface area contributed by atoms with Crippen molar-refractivity contribution in [1.29, 1.82) is 0 Å². The largest absolute Gasteiger partial charge is 0.359 e. The quantitative estimate of drug-likeness (QED) is 0.928. The van der Waals surface area contributed by atoms with Crippen molar-refractivity contribution in [2.75, 3.05) is 19.6 Å². The highest BCUT2D eigenvalue weighted by atomic mass is 16.5. The highest BCUT2D eigenvalue weighted by Gasteiger charge is 2.20. The minimum absolute atomic E-state index is 0.625. The van der Waals surface area contributed by atoms with Gasteiger partial charge < -0.3 is 10.3 Å². The van der Waals surface area contributed by atoms with Crippen LogP contribution >= 0.6 is 0 Å². The first kappa shape index (κ1) is 13.3. The standard InChI is InChI=1S/C16H21N3O/c17-10-13-5-4-8-19(11-13)12-15-9-16(18-20-15)14-6-2-1-3-7-14/h1-3,6-7,9,13H,4-5,8,10-12,17H2. The molecule has 2 N–H and O–H groups in total. The van der Waals surface area contributed by atoms with Gasteiger partial charge in [0, 0.05) is 18.2 Å². The second-order valence-electron chi connectivity index (χ2n) is 5.52. The van der Waals surface area contributed by atoms with Crippen molar-refractivity contribution in [2.24, 2.45) is 11.7 Å². The molecule has 3 rings (SSSR count). The van der Waals surface area contributed by atoms with E-state index in [4.69, 9.17) is 10.3 Å². The summed E-state index contributed by atoms with van der Waals surface area (Å²) in [6.07, 6.45) is 2.47. The molecule has 0 radical (unpaired) electrons. The molecule has 1 fully saturated rings. The van der Waals surface area contributed by atoms with Crippen LogP contribution in [0.1, 0.15) is 18.6 Å². The fraction of sp³-hybridized carbons (Fsp3) is 0.438. The molecule has 1 saturated heterocycles. The molecule has 0 bridgehead atoms. The number of likely N-dealkylation sites (tertiary alicyclic amines) is 1. The molecule has 1 aliphatic heterocycles. The molecule has 1 aromatic heterocycles. The van der Waals surface area contributed by atoms with Crippen LogP contribution in [0.4, 0.5) is 0 Å². The lowest BCUT2D eigenvalue weighted by Crippen LogP contribution is -2.37. The molecule has 2 heterocycles. The van der Waals surface area contributed by atoms with E-state index < -0.39 is 0 Å². The highest BCUT2D eigenvalue weighted by molar-refractivity contribution is 5.58. The number of hydrogen-bond acceptors (Lipinski definition) is 4. The van der Waals surface area contributed by atoms with Crippen LogP contribution in [0.25, 0.3) is 11.3 Å². The van der Waals surface area contributed by atoms with Gasteiger partial charge in [-0.2, -0.15) is 0 Å². The third kappa shape index (κ3) is 3.08. The molecule has 0 amide bonds. The average molecular weight is 271 g/mol. The van der Waals surface area contributed by atoms with Crippen molar-refractivity contribution in [1.82, 2.24) is 10.1 Å². The summed E-state index contributed by atoms with van der Waals surface area (Å²) in [5.41, 5.74) is 7.78. The van der Waals surface area contributed by atoms with Crippen molar-refractivity contribution < 1.29 is 4.52 Å². The molecule has 20 heavy (non-hydrogen) atoms. The monoisotopic (exact) mass is 271 g/mol. The van der Waals surface area contributed by atoms with Gasteiger partial charge in [-0.3, -0.25) is 4.90 Å². The summed E-state index contributed by atoms with van der Waals surface area (Å²) >= 11 is 0. The molecule has 4 nitrogen and oxygen atoms in total. The second kappa shape index (κ2) is 6.20. The van der Waals surface area contributed by atoms with E-state index in [9.17, 15) is 0 Å². The molecule has 2 aromatic rings. The van der Waals surface area contributed by atoms with Crippen molar-refractivity contribution in [3.63, 3.8) is 0 Å².